The Bertz CT molecular complexity index is 937. The molecule has 3 rings (SSSR count). The quantitative estimate of drug-likeness (QED) is 0.578. The summed E-state index contributed by atoms with van der Waals surface area (Å²) in [6.07, 6.45) is 0. The second-order valence-electron chi connectivity index (χ2n) is 5.83. The third-order valence-corrected chi connectivity index (χ3v) is 6.22. The minimum Gasteiger partial charge on any atom is -0.451 e. The van der Waals surface area contributed by atoms with E-state index in [0.717, 1.165) is 15.4 Å². The van der Waals surface area contributed by atoms with E-state index in [9.17, 15) is 9.59 Å². The fraction of sp³-hybridized carbons (Fsp3) is 0.211. The van der Waals surface area contributed by atoms with Gasteiger partial charge in [-0.3, -0.25) is 4.79 Å². The van der Waals surface area contributed by atoms with E-state index in [1.807, 2.05) is 36.6 Å². The molecule has 0 aliphatic carbocycles. The van der Waals surface area contributed by atoms with Gasteiger partial charge in [-0.05, 0) is 43.0 Å². The van der Waals surface area contributed by atoms with Crippen LogP contribution in [0.25, 0.3) is 9.88 Å². The zero-order valence-corrected chi connectivity index (χ0v) is 17.1. The number of thiophene rings is 1. The van der Waals surface area contributed by atoms with Crippen molar-refractivity contribution in [2.45, 2.75) is 19.9 Å². The SMILES string of the molecule is Cc1nc(-c2cccs2)sc1C(=O)OCC(=O)NC(C)c1ccc(Cl)cc1. The van der Waals surface area contributed by atoms with Crippen molar-refractivity contribution in [2.75, 3.05) is 6.61 Å². The first-order chi connectivity index (χ1) is 12.9. The van der Waals surface area contributed by atoms with Crippen LogP contribution in [0.15, 0.2) is 41.8 Å². The van der Waals surface area contributed by atoms with Gasteiger partial charge in [0.25, 0.3) is 5.91 Å². The average molecular weight is 421 g/mol. The number of benzene rings is 1. The van der Waals surface area contributed by atoms with Gasteiger partial charge in [-0.25, -0.2) is 9.78 Å². The molecule has 0 bridgehead atoms. The Morgan fingerprint density at radius 2 is 2.00 bits per heavy atom. The van der Waals surface area contributed by atoms with Crippen molar-refractivity contribution >= 4 is 46.2 Å². The van der Waals surface area contributed by atoms with Crippen LogP contribution < -0.4 is 5.32 Å². The number of hydrogen-bond donors (Lipinski definition) is 1. The van der Waals surface area contributed by atoms with Crippen LogP contribution in [-0.4, -0.2) is 23.5 Å². The van der Waals surface area contributed by atoms with Crippen molar-refractivity contribution in [1.29, 1.82) is 0 Å². The van der Waals surface area contributed by atoms with E-state index < -0.39 is 5.97 Å². The van der Waals surface area contributed by atoms with Crippen LogP contribution >= 0.6 is 34.3 Å². The van der Waals surface area contributed by atoms with E-state index in [4.69, 9.17) is 16.3 Å². The number of nitrogens with one attached hydrogen (secondary N) is 1. The number of halogens is 1. The minimum absolute atomic E-state index is 0.218. The highest BCUT2D eigenvalue weighted by atomic mass is 35.5. The Morgan fingerprint density at radius 1 is 1.26 bits per heavy atom. The lowest BCUT2D eigenvalue weighted by atomic mass is 10.1. The molecule has 27 heavy (non-hydrogen) atoms. The van der Waals surface area contributed by atoms with Crippen molar-refractivity contribution < 1.29 is 14.3 Å². The molecule has 2 aromatic heterocycles. The van der Waals surface area contributed by atoms with Crippen molar-refractivity contribution in [3.8, 4) is 9.88 Å². The Balaban J connectivity index is 1.56. The third kappa shape index (κ3) is 4.94. The number of rotatable bonds is 6. The van der Waals surface area contributed by atoms with Gasteiger partial charge in [0.2, 0.25) is 0 Å². The molecule has 1 aromatic carbocycles. The summed E-state index contributed by atoms with van der Waals surface area (Å²) in [6.45, 7) is 3.26. The lowest BCUT2D eigenvalue weighted by Crippen LogP contribution is -2.31. The molecular weight excluding hydrogens is 404 g/mol. The summed E-state index contributed by atoms with van der Waals surface area (Å²) in [6, 6.07) is 10.9. The van der Waals surface area contributed by atoms with Crippen molar-refractivity contribution in [3.05, 3.63) is 62.9 Å². The van der Waals surface area contributed by atoms with Crippen LogP contribution in [0.5, 0.6) is 0 Å². The fourth-order valence-electron chi connectivity index (χ4n) is 2.41. The number of thiazole rings is 1. The van der Waals surface area contributed by atoms with E-state index in [-0.39, 0.29) is 18.6 Å². The highest BCUT2D eigenvalue weighted by Gasteiger charge is 2.19. The van der Waals surface area contributed by atoms with Gasteiger partial charge in [0.05, 0.1) is 16.6 Å². The summed E-state index contributed by atoms with van der Waals surface area (Å²) >= 11 is 8.69. The van der Waals surface area contributed by atoms with Crippen LogP contribution in [-0.2, 0) is 9.53 Å². The Labute approximate surface area is 170 Å². The number of aromatic nitrogens is 1. The van der Waals surface area contributed by atoms with Crippen LogP contribution in [0.2, 0.25) is 5.02 Å². The normalized spacial score (nSPS) is 11.8. The van der Waals surface area contributed by atoms with Crippen molar-refractivity contribution in [3.63, 3.8) is 0 Å². The molecule has 3 aromatic rings. The third-order valence-electron chi connectivity index (χ3n) is 3.80. The van der Waals surface area contributed by atoms with Gasteiger partial charge in [-0.2, -0.15) is 0 Å². The highest BCUT2D eigenvalue weighted by Crippen LogP contribution is 2.31. The molecule has 0 aliphatic rings. The first-order valence-corrected chi connectivity index (χ1v) is 10.2. The summed E-state index contributed by atoms with van der Waals surface area (Å²) in [4.78, 5) is 30.2. The monoisotopic (exact) mass is 420 g/mol. The number of amides is 1. The van der Waals surface area contributed by atoms with Crippen LogP contribution in [0.4, 0.5) is 0 Å². The zero-order valence-electron chi connectivity index (χ0n) is 14.7. The van der Waals surface area contributed by atoms with Crippen LogP contribution in [0, 0.1) is 6.92 Å². The van der Waals surface area contributed by atoms with E-state index in [1.165, 1.54) is 11.3 Å². The number of aryl methyl sites for hydroxylation is 1. The maximum Gasteiger partial charge on any atom is 0.350 e. The number of carbonyl (C=O) groups is 2. The van der Waals surface area contributed by atoms with Gasteiger partial charge in [0, 0.05) is 5.02 Å². The van der Waals surface area contributed by atoms with Gasteiger partial charge in [0.1, 0.15) is 9.88 Å². The highest BCUT2D eigenvalue weighted by molar-refractivity contribution is 7.22. The van der Waals surface area contributed by atoms with Gasteiger partial charge in [-0.1, -0.05) is 29.8 Å². The summed E-state index contributed by atoms with van der Waals surface area (Å²) in [5, 5.41) is 6.16. The molecule has 140 valence electrons. The molecule has 0 aliphatic heterocycles. The smallest absolute Gasteiger partial charge is 0.350 e. The average Bonchev–Trinajstić information content (AvgIpc) is 3.29. The molecule has 0 saturated heterocycles. The maximum atomic E-state index is 12.3. The van der Waals surface area contributed by atoms with Gasteiger partial charge >= 0.3 is 5.97 Å². The molecule has 5 nitrogen and oxygen atoms in total. The van der Waals surface area contributed by atoms with Crippen LogP contribution in [0.1, 0.15) is 33.9 Å². The standard InChI is InChI=1S/C19H17ClN2O3S2/c1-11(13-5-7-14(20)8-6-13)21-16(23)10-25-19(24)17-12(2)22-18(27-17)15-4-3-9-26-15/h3-9,11H,10H2,1-2H3,(H,21,23). The van der Waals surface area contributed by atoms with E-state index >= 15 is 0 Å². The van der Waals surface area contributed by atoms with Crippen molar-refractivity contribution in [2.24, 2.45) is 0 Å². The molecule has 8 heteroatoms. The number of ether oxygens (including phenoxy) is 1. The molecule has 1 amide bonds. The first kappa shape index (κ1) is 19.5. The number of hydrogen-bond acceptors (Lipinski definition) is 6. The molecule has 0 fully saturated rings. The second-order valence-corrected chi connectivity index (χ2v) is 8.21. The summed E-state index contributed by atoms with van der Waals surface area (Å²) in [7, 11) is 0. The number of carbonyl (C=O) groups excluding carboxylic acids is 2. The zero-order chi connectivity index (χ0) is 19.4. The van der Waals surface area contributed by atoms with Gasteiger partial charge in [0.15, 0.2) is 6.61 Å². The lowest BCUT2D eigenvalue weighted by Gasteiger charge is -2.14. The van der Waals surface area contributed by atoms with E-state index in [2.05, 4.69) is 10.3 Å². The molecule has 0 radical (unpaired) electrons. The second kappa shape index (κ2) is 8.65. The van der Waals surface area contributed by atoms with Gasteiger partial charge < -0.3 is 10.1 Å². The lowest BCUT2D eigenvalue weighted by molar-refractivity contribution is -0.124. The number of nitrogens with zero attached hydrogens (tertiary/aromatic N) is 1. The predicted octanol–water partition coefficient (Wildman–Crippen LogP) is 4.87. The van der Waals surface area contributed by atoms with Gasteiger partial charge in [-0.15, -0.1) is 22.7 Å². The van der Waals surface area contributed by atoms with Crippen LogP contribution in [0.3, 0.4) is 0 Å². The fourth-order valence-corrected chi connectivity index (χ4v) is 4.29. The molecular formula is C19H17ClN2O3S2. The van der Waals surface area contributed by atoms with Crippen molar-refractivity contribution in [1.82, 2.24) is 10.3 Å². The van der Waals surface area contributed by atoms with E-state index in [1.54, 1.807) is 30.4 Å². The Hall–Kier alpha value is -2.22. The molecule has 1 unspecified atom stereocenters. The Kier molecular flexibility index (Phi) is 6.26. The predicted molar refractivity (Wildman–Crippen MR) is 108 cm³/mol. The molecule has 0 spiro atoms. The molecule has 1 atom stereocenters. The molecule has 0 saturated carbocycles. The molecule has 2 heterocycles. The maximum absolute atomic E-state index is 12.3. The summed E-state index contributed by atoms with van der Waals surface area (Å²) in [5.41, 5.74) is 1.52. The summed E-state index contributed by atoms with van der Waals surface area (Å²) in [5.74, 6) is -0.909. The summed E-state index contributed by atoms with van der Waals surface area (Å²) < 4.78 is 5.16. The van der Waals surface area contributed by atoms with E-state index in [0.29, 0.717) is 15.6 Å². The topological polar surface area (TPSA) is 68.3 Å². The Morgan fingerprint density at radius 3 is 2.67 bits per heavy atom. The molecule has 1 N–H and O–H groups in total. The first-order valence-electron chi connectivity index (χ1n) is 8.17. The minimum atomic E-state index is -0.540. The number of esters is 1. The largest absolute Gasteiger partial charge is 0.451 e.